The standard InChI is InChI=1S/C32H35N3O4/c1-5-6-18-39-25-9-7-8-24(20-25)31-28-29(23-13-10-21(2)11-14-23)33-34-30(28)32(36)35(31)17-16-22-12-15-26(37-3)27(19-22)38-4/h7-15,19-20,31H,5-6,16-18H2,1-4H3,(H,33,34). The molecule has 202 valence electrons. The molecule has 1 N–H and O–H groups in total. The molecule has 0 radical (unpaired) electrons. The minimum absolute atomic E-state index is 0.0568. The van der Waals surface area contributed by atoms with Crippen LogP contribution in [0.3, 0.4) is 0 Å². The number of aromatic nitrogens is 2. The molecular weight excluding hydrogens is 490 g/mol. The molecule has 5 rings (SSSR count). The van der Waals surface area contributed by atoms with Gasteiger partial charge in [-0.1, -0.05) is 61.4 Å². The number of nitrogens with zero attached hydrogens (tertiary/aromatic N) is 2. The van der Waals surface area contributed by atoms with Crippen molar-refractivity contribution in [3.8, 4) is 28.5 Å². The molecule has 0 spiro atoms. The van der Waals surface area contributed by atoms with Gasteiger partial charge in [-0.05, 0) is 55.2 Å². The number of carbonyl (C=O) groups excluding carboxylic acids is 1. The maximum absolute atomic E-state index is 13.8. The van der Waals surface area contributed by atoms with E-state index in [1.165, 1.54) is 5.56 Å². The third-order valence-electron chi connectivity index (χ3n) is 7.22. The molecule has 1 aliphatic heterocycles. The minimum Gasteiger partial charge on any atom is -0.494 e. The normalized spacial score (nSPS) is 14.4. The van der Waals surface area contributed by atoms with Gasteiger partial charge in [0.25, 0.3) is 5.91 Å². The Morgan fingerprint density at radius 1 is 0.974 bits per heavy atom. The fourth-order valence-electron chi connectivity index (χ4n) is 5.10. The molecule has 3 aromatic carbocycles. The Labute approximate surface area is 229 Å². The van der Waals surface area contributed by atoms with E-state index in [1.807, 2.05) is 35.2 Å². The average molecular weight is 526 g/mol. The van der Waals surface area contributed by atoms with Gasteiger partial charge in [-0.15, -0.1) is 0 Å². The first kappa shape index (κ1) is 26.4. The van der Waals surface area contributed by atoms with Crippen LogP contribution in [0.2, 0.25) is 0 Å². The highest BCUT2D eigenvalue weighted by molar-refractivity contribution is 6.00. The van der Waals surface area contributed by atoms with Crippen molar-refractivity contribution >= 4 is 5.91 Å². The largest absolute Gasteiger partial charge is 0.494 e. The van der Waals surface area contributed by atoms with Gasteiger partial charge >= 0.3 is 0 Å². The van der Waals surface area contributed by atoms with Crippen LogP contribution >= 0.6 is 0 Å². The second kappa shape index (κ2) is 11.6. The molecular formula is C32H35N3O4. The number of hydrogen-bond donors (Lipinski definition) is 1. The number of aryl methyl sites for hydroxylation is 1. The van der Waals surface area contributed by atoms with Gasteiger partial charge in [0.2, 0.25) is 0 Å². The highest BCUT2D eigenvalue weighted by atomic mass is 16.5. The molecule has 1 unspecified atom stereocenters. The topological polar surface area (TPSA) is 76.7 Å². The van der Waals surface area contributed by atoms with Crippen molar-refractivity contribution in [2.24, 2.45) is 0 Å². The van der Waals surface area contributed by atoms with Crippen LogP contribution in [0.4, 0.5) is 0 Å². The zero-order valence-corrected chi connectivity index (χ0v) is 23.0. The molecule has 0 saturated heterocycles. The summed E-state index contributed by atoms with van der Waals surface area (Å²) in [5.74, 6) is 2.10. The Morgan fingerprint density at radius 2 is 1.77 bits per heavy atom. The summed E-state index contributed by atoms with van der Waals surface area (Å²) >= 11 is 0. The minimum atomic E-state index is -0.294. The van der Waals surface area contributed by atoms with Gasteiger partial charge in [0.05, 0.1) is 32.6 Å². The van der Waals surface area contributed by atoms with Crippen LogP contribution in [0.1, 0.15) is 58.5 Å². The fourth-order valence-corrected chi connectivity index (χ4v) is 5.10. The van der Waals surface area contributed by atoms with Crippen LogP contribution in [0.25, 0.3) is 11.3 Å². The molecule has 0 bridgehead atoms. The predicted octanol–water partition coefficient (Wildman–Crippen LogP) is 6.37. The van der Waals surface area contributed by atoms with Gasteiger partial charge in [0.1, 0.15) is 11.4 Å². The molecule has 1 aliphatic rings. The molecule has 0 aliphatic carbocycles. The number of unbranched alkanes of at least 4 members (excludes halogenated alkanes) is 1. The molecule has 4 aromatic rings. The number of hydrogen-bond acceptors (Lipinski definition) is 5. The first-order chi connectivity index (χ1) is 19.0. The summed E-state index contributed by atoms with van der Waals surface area (Å²) in [5, 5.41) is 7.67. The SMILES string of the molecule is CCCCOc1cccc(C2c3c(-c4ccc(C)cc4)n[nH]c3C(=O)N2CCc2ccc(OC)c(OC)c2)c1. The second-order valence-electron chi connectivity index (χ2n) is 9.84. The van der Waals surface area contributed by atoms with Crippen molar-refractivity contribution in [2.45, 2.75) is 39.2 Å². The van der Waals surface area contributed by atoms with E-state index in [-0.39, 0.29) is 11.9 Å². The zero-order chi connectivity index (χ0) is 27.4. The molecule has 0 saturated carbocycles. The number of nitrogens with one attached hydrogen (secondary N) is 1. The van der Waals surface area contributed by atoms with Crippen molar-refractivity contribution in [1.82, 2.24) is 15.1 Å². The lowest BCUT2D eigenvalue weighted by Gasteiger charge is -2.27. The van der Waals surface area contributed by atoms with Gasteiger partial charge in [-0.3, -0.25) is 9.89 Å². The summed E-state index contributed by atoms with van der Waals surface area (Å²) in [6, 6.07) is 21.9. The number of methoxy groups -OCH3 is 2. The van der Waals surface area contributed by atoms with Crippen molar-refractivity contribution in [2.75, 3.05) is 27.4 Å². The fraction of sp³-hybridized carbons (Fsp3) is 0.312. The summed E-state index contributed by atoms with van der Waals surface area (Å²) < 4.78 is 16.9. The van der Waals surface area contributed by atoms with E-state index in [2.05, 4.69) is 60.4 Å². The van der Waals surface area contributed by atoms with E-state index in [9.17, 15) is 4.79 Å². The van der Waals surface area contributed by atoms with Crippen molar-refractivity contribution in [3.63, 3.8) is 0 Å². The van der Waals surface area contributed by atoms with Crippen LogP contribution in [0, 0.1) is 6.92 Å². The first-order valence-corrected chi connectivity index (χ1v) is 13.4. The van der Waals surface area contributed by atoms with E-state index < -0.39 is 0 Å². The number of ether oxygens (including phenoxy) is 3. The number of amides is 1. The molecule has 7 nitrogen and oxygen atoms in total. The molecule has 2 heterocycles. The Kier molecular flexibility index (Phi) is 7.87. The number of aromatic amines is 1. The number of H-pyrrole nitrogens is 1. The van der Waals surface area contributed by atoms with Gasteiger partial charge in [0.15, 0.2) is 11.5 Å². The van der Waals surface area contributed by atoms with E-state index in [1.54, 1.807) is 14.2 Å². The average Bonchev–Trinajstić information content (AvgIpc) is 3.51. The zero-order valence-electron chi connectivity index (χ0n) is 23.0. The van der Waals surface area contributed by atoms with E-state index >= 15 is 0 Å². The Balaban J connectivity index is 1.51. The predicted molar refractivity (Wildman–Crippen MR) is 152 cm³/mol. The van der Waals surface area contributed by atoms with Crippen LogP contribution in [0.5, 0.6) is 17.2 Å². The maximum Gasteiger partial charge on any atom is 0.273 e. The lowest BCUT2D eigenvalue weighted by atomic mass is 9.95. The third kappa shape index (κ3) is 5.35. The molecule has 1 amide bonds. The smallest absolute Gasteiger partial charge is 0.273 e. The molecule has 39 heavy (non-hydrogen) atoms. The third-order valence-corrected chi connectivity index (χ3v) is 7.22. The van der Waals surface area contributed by atoms with Crippen LogP contribution in [-0.2, 0) is 6.42 Å². The van der Waals surface area contributed by atoms with Crippen molar-refractivity contribution in [1.29, 1.82) is 0 Å². The quantitative estimate of drug-likeness (QED) is 0.230. The van der Waals surface area contributed by atoms with Crippen molar-refractivity contribution < 1.29 is 19.0 Å². The maximum atomic E-state index is 13.8. The monoisotopic (exact) mass is 525 g/mol. The van der Waals surface area contributed by atoms with E-state index in [4.69, 9.17) is 14.2 Å². The highest BCUT2D eigenvalue weighted by Gasteiger charge is 2.42. The van der Waals surface area contributed by atoms with E-state index in [0.717, 1.165) is 46.5 Å². The Bertz CT molecular complexity index is 1440. The van der Waals surface area contributed by atoms with Gasteiger partial charge in [-0.25, -0.2) is 0 Å². The summed E-state index contributed by atoms with van der Waals surface area (Å²) in [7, 11) is 3.25. The summed E-state index contributed by atoms with van der Waals surface area (Å²) in [6.45, 7) is 5.40. The summed E-state index contributed by atoms with van der Waals surface area (Å²) in [5.41, 5.74) is 6.46. The van der Waals surface area contributed by atoms with Gasteiger partial charge in [-0.2, -0.15) is 5.10 Å². The first-order valence-electron chi connectivity index (χ1n) is 13.4. The molecule has 0 fully saturated rings. The summed E-state index contributed by atoms with van der Waals surface area (Å²) in [6.07, 6.45) is 2.72. The van der Waals surface area contributed by atoms with Gasteiger partial charge in [0, 0.05) is 17.7 Å². The lowest BCUT2D eigenvalue weighted by molar-refractivity contribution is 0.0745. The van der Waals surface area contributed by atoms with Crippen LogP contribution in [0.15, 0.2) is 66.7 Å². The van der Waals surface area contributed by atoms with Crippen LogP contribution in [-0.4, -0.2) is 48.4 Å². The van der Waals surface area contributed by atoms with Crippen LogP contribution < -0.4 is 14.2 Å². The van der Waals surface area contributed by atoms with E-state index in [0.29, 0.717) is 36.8 Å². The van der Waals surface area contributed by atoms with Crippen molar-refractivity contribution in [3.05, 3.63) is 94.7 Å². The van der Waals surface area contributed by atoms with Gasteiger partial charge < -0.3 is 19.1 Å². The molecule has 1 atom stereocenters. The number of benzene rings is 3. The molecule has 7 heteroatoms. The lowest BCUT2D eigenvalue weighted by Crippen LogP contribution is -2.31. The number of carbonyl (C=O) groups is 1. The Morgan fingerprint density at radius 3 is 2.51 bits per heavy atom. The second-order valence-corrected chi connectivity index (χ2v) is 9.84. The highest BCUT2D eigenvalue weighted by Crippen LogP contribution is 2.43. The molecule has 1 aromatic heterocycles. The number of fused-ring (bicyclic) bond motifs is 1. The number of rotatable bonds is 11. The Hall–Kier alpha value is -4.26. The summed E-state index contributed by atoms with van der Waals surface area (Å²) in [4.78, 5) is 15.7.